The third-order valence-corrected chi connectivity index (χ3v) is 2.97. The van der Waals surface area contributed by atoms with Crippen molar-refractivity contribution in [1.82, 2.24) is 15.5 Å². The number of hydrogen-bond donors (Lipinski definition) is 2. The Morgan fingerprint density at radius 3 is 3.05 bits per heavy atom. The predicted molar refractivity (Wildman–Crippen MR) is 69.6 cm³/mol. The van der Waals surface area contributed by atoms with Gasteiger partial charge in [-0.25, -0.2) is 9.18 Å². The summed E-state index contributed by atoms with van der Waals surface area (Å²) in [6.45, 7) is 2.61. The molecule has 6 heteroatoms. The summed E-state index contributed by atoms with van der Waals surface area (Å²) in [6, 6.07) is 4.75. The molecule has 1 aromatic carbocycles. The van der Waals surface area contributed by atoms with E-state index in [-0.39, 0.29) is 24.2 Å². The van der Waals surface area contributed by atoms with Crippen molar-refractivity contribution in [1.29, 1.82) is 0 Å². The van der Waals surface area contributed by atoms with Gasteiger partial charge in [-0.1, -0.05) is 12.1 Å². The molecule has 0 bridgehead atoms. The number of carbonyl (C=O) groups excluding carboxylic acids is 1. The van der Waals surface area contributed by atoms with Crippen molar-refractivity contribution < 1.29 is 13.9 Å². The van der Waals surface area contributed by atoms with E-state index in [9.17, 15) is 9.18 Å². The lowest BCUT2D eigenvalue weighted by Gasteiger charge is -2.16. The maximum absolute atomic E-state index is 13.7. The minimum absolute atomic E-state index is 0.0902. The number of ether oxygens (including phenoxy) is 1. The molecule has 1 saturated heterocycles. The van der Waals surface area contributed by atoms with E-state index in [1.807, 2.05) is 6.07 Å². The normalized spacial score (nSPS) is 14.6. The second-order valence-corrected chi connectivity index (χ2v) is 4.33. The number of para-hydroxylation sites is 1. The van der Waals surface area contributed by atoms with Crippen molar-refractivity contribution in [3.8, 4) is 5.75 Å². The van der Waals surface area contributed by atoms with Crippen molar-refractivity contribution in [3.63, 3.8) is 0 Å². The SMILES string of the molecule is CNCc1cccc(F)c1OCCN1CCNC1=O. The van der Waals surface area contributed by atoms with Gasteiger partial charge in [0.1, 0.15) is 6.61 Å². The Labute approximate surface area is 111 Å². The van der Waals surface area contributed by atoms with Crippen LogP contribution in [0.4, 0.5) is 9.18 Å². The topological polar surface area (TPSA) is 53.6 Å². The van der Waals surface area contributed by atoms with Crippen LogP contribution in [0.2, 0.25) is 0 Å². The predicted octanol–water partition coefficient (Wildman–Crippen LogP) is 0.949. The largest absolute Gasteiger partial charge is 0.488 e. The van der Waals surface area contributed by atoms with Crippen LogP contribution in [0.3, 0.4) is 0 Å². The smallest absolute Gasteiger partial charge is 0.317 e. The van der Waals surface area contributed by atoms with Crippen molar-refractivity contribution in [2.24, 2.45) is 0 Å². The average molecular weight is 267 g/mol. The first-order chi connectivity index (χ1) is 9.22. The van der Waals surface area contributed by atoms with Crippen molar-refractivity contribution in [3.05, 3.63) is 29.6 Å². The van der Waals surface area contributed by atoms with Crippen LogP contribution >= 0.6 is 0 Å². The molecule has 1 heterocycles. The molecule has 0 aliphatic carbocycles. The van der Waals surface area contributed by atoms with Crippen LogP contribution in [0, 0.1) is 5.82 Å². The Kier molecular flexibility index (Phi) is 4.57. The minimum Gasteiger partial charge on any atom is -0.488 e. The number of nitrogens with zero attached hydrogens (tertiary/aromatic N) is 1. The van der Waals surface area contributed by atoms with Crippen molar-refractivity contribution in [2.45, 2.75) is 6.54 Å². The molecule has 1 aliphatic rings. The zero-order valence-corrected chi connectivity index (χ0v) is 10.9. The molecule has 0 unspecified atom stereocenters. The Balaban J connectivity index is 1.93. The second-order valence-electron chi connectivity index (χ2n) is 4.33. The molecule has 19 heavy (non-hydrogen) atoms. The maximum Gasteiger partial charge on any atom is 0.317 e. The van der Waals surface area contributed by atoms with Gasteiger partial charge in [0.15, 0.2) is 11.6 Å². The molecule has 0 radical (unpaired) electrons. The summed E-state index contributed by atoms with van der Waals surface area (Å²) in [5.74, 6) is -0.116. The van der Waals surface area contributed by atoms with E-state index in [1.54, 1.807) is 18.0 Å². The summed E-state index contributed by atoms with van der Waals surface area (Å²) in [7, 11) is 1.79. The van der Waals surface area contributed by atoms with Gasteiger partial charge in [-0.15, -0.1) is 0 Å². The number of hydrogen-bond acceptors (Lipinski definition) is 3. The van der Waals surface area contributed by atoms with Crippen LogP contribution in [0.5, 0.6) is 5.75 Å². The number of amides is 2. The fraction of sp³-hybridized carbons (Fsp3) is 0.462. The Hall–Kier alpha value is -1.82. The molecule has 2 N–H and O–H groups in total. The number of halogens is 1. The first-order valence-corrected chi connectivity index (χ1v) is 6.30. The summed E-state index contributed by atoms with van der Waals surface area (Å²) >= 11 is 0. The lowest BCUT2D eigenvalue weighted by atomic mass is 10.2. The van der Waals surface area contributed by atoms with Gasteiger partial charge >= 0.3 is 6.03 Å². The zero-order valence-electron chi connectivity index (χ0n) is 10.9. The van der Waals surface area contributed by atoms with Gasteiger partial charge in [0.05, 0.1) is 6.54 Å². The van der Waals surface area contributed by atoms with Crippen LogP contribution in [-0.4, -0.2) is 44.2 Å². The van der Waals surface area contributed by atoms with Gasteiger partial charge < -0.3 is 20.3 Å². The molecule has 2 amide bonds. The van der Waals surface area contributed by atoms with Crippen molar-refractivity contribution in [2.75, 3.05) is 33.3 Å². The third kappa shape index (κ3) is 3.35. The van der Waals surface area contributed by atoms with E-state index in [4.69, 9.17) is 4.74 Å². The fourth-order valence-electron chi connectivity index (χ4n) is 2.03. The summed E-state index contributed by atoms with van der Waals surface area (Å²) in [4.78, 5) is 13.0. The van der Waals surface area contributed by atoms with Gasteiger partial charge in [-0.3, -0.25) is 0 Å². The molecule has 1 aromatic rings. The van der Waals surface area contributed by atoms with E-state index in [0.29, 0.717) is 26.2 Å². The van der Waals surface area contributed by atoms with Gasteiger partial charge in [-0.05, 0) is 13.1 Å². The van der Waals surface area contributed by atoms with Crippen molar-refractivity contribution >= 4 is 6.03 Å². The second kappa shape index (κ2) is 6.38. The third-order valence-electron chi connectivity index (χ3n) is 2.97. The van der Waals surface area contributed by atoms with E-state index in [0.717, 1.165) is 5.56 Å². The van der Waals surface area contributed by atoms with E-state index < -0.39 is 0 Å². The summed E-state index contributed by atoms with van der Waals surface area (Å²) in [5.41, 5.74) is 0.772. The highest BCUT2D eigenvalue weighted by Gasteiger charge is 2.19. The molecule has 0 aromatic heterocycles. The van der Waals surface area contributed by atoms with Crippen LogP contribution < -0.4 is 15.4 Å². The number of carbonyl (C=O) groups is 1. The summed E-state index contributed by atoms with van der Waals surface area (Å²) < 4.78 is 19.2. The zero-order chi connectivity index (χ0) is 13.7. The molecule has 0 saturated carbocycles. The molecule has 0 atom stereocenters. The lowest BCUT2D eigenvalue weighted by Crippen LogP contribution is -2.32. The molecule has 1 aliphatic heterocycles. The fourth-order valence-corrected chi connectivity index (χ4v) is 2.03. The van der Waals surface area contributed by atoms with E-state index in [2.05, 4.69) is 10.6 Å². The summed E-state index contributed by atoms with van der Waals surface area (Å²) in [5, 5.41) is 5.68. The average Bonchev–Trinajstić information content (AvgIpc) is 2.79. The van der Waals surface area contributed by atoms with Gasteiger partial charge in [0, 0.05) is 25.2 Å². The van der Waals surface area contributed by atoms with Gasteiger partial charge in [0.2, 0.25) is 0 Å². The first-order valence-electron chi connectivity index (χ1n) is 6.30. The van der Waals surface area contributed by atoms with Crippen LogP contribution in [0.15, 0.2) is 18.2 Å². The molecular weight excluding hydrogens is 249 g/mol. The highest BCUT2D eigenvalue weighted by molar-refractivity contribution is 5.76. The minimum atomic E-state index is -0.376. The molecule has 1 fully saturated rings. The first kappa shape index (κ1) is 13.6. The standard InChI is InChI=1S/C13H18FN3O2/c1-15-9-10-3-2-4-11(14)12(10)19-8-7-17-6-5-16-13(17)18/h2-4,15H,5-9H2,1H3,(H,16,18). The Morgan fingerprint density at radius 2 is 2.37 bits per heavy atom. The highest BCUT2D eigenvalue weighted by Crippen LogP contribution is 2.22. The molecule has 2 rings (SSSR count). The molecule has 0 spiro atoms. The Morgan fingerprint density at radius 1 is 1.53 bits per heavy atom. The number of nitrogens with one attached hydrogen (secondary N) is 2. The van der Waals surface area contributed by atoms with E-state index >= 15 is 0 Å². The number of rotatable bonds is 6. The number of urea groups is 1. The maximum atomic E-state index is 13.7. The van der Waals surface area contributed by atoms with Crippen LogP contribution in [0.25, 0.3) is 0 Å². The monoisotopic (exact) mass is 267 g/mol. The lowest BCUT2D eigenvalue weighted by molar-refractivity contribution is 0.200. The highest BCUT2D eigenvalue weighted by atomic mass is 19.1. The molecular formula is C13H18FN3O2. The van der Waals surface area contributed by atoms with Gasteiger partial charge in [0.25, 0.3) is 0 Å². The summed E-state index contributed by atoms with van der Waals surface area (Å²) in [6.07, 6.45) is 0. The van der Waals surface area contributed by atoms with Crippen LogP contribution in [0.1, 0.15) is 5.56 Å². The number of benzene rings is 1. The quantitative estimate of drug-likeness (QED) is 0.807. The van der Waals surface area contributed by atoms with Crippen LogP contribution in [-0.2, 0) is 6.54 Å². The van der Waals surface area contributed by atoms with E-state index in [1.165, 1.54) is 6.07 Å². The van der Waals surface area contributed by atoms with Gasteiger partial charge in [-0.2, -0.15) is 0 Å². The molecule has 104 valence electrons. The molecule has 5 nitrogen and oxygen atoms in total. The Bertz CT molecular complexity index is 454.